The van der Waals surface area contributed by atoms with Gasteiger partial charge >= 0.3 is 0 Å². The van der Waals surface area contributed by atoms with Crippen LogP contribution in [0.25, 0.3) is 0 Å². The molecule has 1 fully saturated rings. The van der Waals surface area contributed by atoms with Crippen LogP contribution in [0, 0.1) is 13.8 Å². The van der Waals surface area contributed by atoms with Gasteiger partial charge in [0, 0.05) is 6.04 Å². The van der Waals surface area contributed by atoms with Crippen LogP contribution in [0.5, 0.6) is 5.75 Å². The number of benzene rings is 1. The van der Waals surface area contributed by atoms with Gasteiger partial charge in [-0.25, -0.2) is 0 Å². The molecule has 2 heteroatoms. The molecule has 1 N–H and O–H groups in total. The van der Waals surface area contributed by atoms with E-state index in [1.807, 2.05) is 0 Å². The second-order valence-electron chi connectivity index (χ2n) is 5.38. The SMILES string of the molecule is Cc1ccc(OCCCNC2CCCC2)cc1C. The summed E-state index contributed by atoms with van der Waals surface area (Å²) >= 11 is 0. The summed E-state index contributed by atoms with van der Waals surface area (Å²) in [6.07, 6.45) is 6.60. The zero-order valence-corrected chi connectivity index (χ0v) is 11.7. The Labute approximate surface area is 111 Å². The average molecular weight is 247 g/mol. The highest BCUT2D eigenvalue weighted by Gasteiger charge is 2.13. The topological polar surface area (TPSA) is 21.3 Å². The van der Waals surface area contributed by atoms with E-state index < -0.39 is 0 Å². The van der Waals surface area contributed by atoms with Gasteiger partial charge in [0.25, 0.3) is 0 Å². The number of ether oxygens (including phenoxy) is 1. The molecule has 0 aliphatic heterocycles. The molecule has 0 bridgehead atoms. The van der Waals surface area contributed by atoms with E-state index in [-0.39, 0.29) is 0 Å². The second kappa shape index (κ2) is 6.79. The van der Waals surface area contributed by atoms with Gasteiger partial charge in [-0.3, -0.25) is 0 Å². The zero-order valence-electron chi connectivity index (χ0n) is 11.7. The summed E-state index contributed by atoms with van der Waals surface area (Å²) in [4.78, 5) is 0. The van der Waals surface area contributed by atoms with Gasteiger partial charge in [0.05, 0.1) is 6.61 Å². The zero-order chi connectivity index (χ0) is 12.8. The molecule has 1 aromatic rings. The Hall–Kier alpha value is -1.02. The van der Waals surface area contributed by atoms with Gasteiger partial charge in [-0.05, 0) is 62.9 Å². The van der Waals surface area contributed by atoms with Gasteiger partial charge in [0.2, 0.25) is 0 Å². The lowest BCUT2D eigenvalue weighted by atomic mass is 10.1. The van der Waals surface area contributed by atoms with Gasteiger partial charge in [-0.2, -0.15) is 0 Å². The van der Waals surface area contributed by atoms with Crippen molar-refractivity contribution in [3.63, 3.8) is 0 Å². The van der Waals surface area contributed by atoms with Crippen LogP contribution in [0.3, 0.4) is 0 Å². The van der Waals surface area contributed by atoms with Crippen molar-refractivity contribution in [3.8, 4) is 5.75 Å². The molecule has 0 saturated heterocycles. The molecule has 18 heavy (non-hydrogen) atoms. The molecular formula is C16H25NO. The highest BCUT2D eigenvalue weighted by atomic mass is 16.5. The molecule has 0 atom stereocenters. The Bertz CT molecular complexity index is 369. The lowest BCUT2D eigenvalue weighted by Gasteiger charge is -2.12. The normalized spacial score (nSPS) is 16.1. The fourth-order valence-electron chi connectivity index (χ4n) is 2.50. The van der Waals surface area contributed by atoms with E-state index in [0.717, 1.165) is 31.4 Å². The summed E-state index contributed by atoms with van der Waals surface area (Å²) in [7, 11) is 0. The first-order valence-electron chi connectivity index (χ1n) is 7.19. The van der Waals surface area contributed by atoms with Gasteiger partial charge in [0.15, 0.2) is 0 Å². The smallest absolute Gasteiger partial charge is 0.119 e. The summed E-state index contributed by atoms with van der Waals surface area (Å²) in [5, 5.41) is 3.61. The van der Waals surface area contributed by atoms with Crippen LogP contribution < -0.4 is 10.1 Å². The van der Waals surface area contributed by atoms with Crippen molar-refractivity contribution in [1.82, 2.24) is 5.32 Å². The van der Waals surface area contributed by atoms with E-state index in [1.54, 1.807) is 0 Å². The van der Waals surface area contributed by atoms with Crippen molar-refractivity contribution in [3.05, 3.63) is 29.3 Å². The maximum Gasteiger partial charge on any atom is 0.119 e. The predicted octanol–water partition coefficient (Wildman–Crippen LogP) is 3.60. The standard InChI is InChI=1S/C16H25NO/c1-13-8-9-16(12-14(13)2)18-11-5-10-17-15-6-3-4-7-15/h8-9,12,15,17H,3-7,10-11H2,1-2H3. The Morgan fingerprint density at radius 1 is 1.17 bits per heavy atom. The van der Waals surface area contributed by atoms with E-state index in [4.69, 9.17) is 4.74 Å². The minimum Gasteiger partial charge on any atom is -0.494 e. The van der Waals surface area contributed by atoms with Crippen molar-refractivity contribution < 1.29 is 4.74 Å². The predicted molar refractivity (Wildman–Crippen MR) is 76.3 cm³/mol. The third kappa shape index (κ3) is 4.02. The second-order valence-corrected chi connectivity index (χ2v) is 5.38. The monoisotopic (exact) mass is 247 g/mol. The molecule has 2 nitrogen and oxygen atoms in total. The van der Waals surface area contributed by atoms with Crippen LogP contribution in [-0.4, -0.2) is 19.2 Å². The van der Waals surface area contributed by atoms with Gasteiger partial charge in [-0.15, -0.1) is 0 Å². The summed E-state index contributed by atoms with van der Waals surface area (Å²) in [6.45, 7) is 6.15. The molecule has 0 heterocycles. The van der Waals surface area contributed by atoms with Crippen molar-refractivity contribution in [2.45, 2.75) is 52.0 Å². The minimum absolute atomic E-state index is 0.770. The van der Waals surface area contributed by atoms with Crippen LogP contribution >= 0.6 is 0 Å². The van der Waals surface area contributed by atoms with Gasteiger partial charge < -0.3 is 10.1 Å². The first kappa shape index (κ1) is 13.4. The third-order valence-electron chi connectivity index (χ3n) is 3.86. The number of hydrogen-bond donors (Lipinski definition) is 1. The highest BCUT2D eigenvalue weighted by molar-refractivity contribution is 5.33. The largest absolute Gasteiger partial charge is 0.494 e. The van der Waals surface area contributed by atoms with Crippen LogP contribution in [-0.2, 0) is 0 Å². The Kier molecular flexibility index (Phi) is 5.06. The van der Waals surface area contributed by atoms with E-state index in [0.29, 0.717) is 0 Å². The van der Waals surface area contributed by atoms with Gasteiger partial charge in [-0.1, -0.05) is 18.9 Å². The van der Waals surface area contributed by atoms with E-state index >= 15 is 0 Å². The fourth-order valence-corrected chi connectivity index (χ4v) is 2.50. The van der Waals surface area contributed by atoms with Crippen molar-refractivity contribution in [2.75, 3.05) is 13.2 Å². The average Bonchev–Trinajstić information content (AvgIpc) is 2.86. The molecule has 1 aromatic carbocycles. The van der Waals surface area contributed by atoms with E-state index in [9.17, 15) is 0 Å². The lowest BCUT2D eigenvalue weighted by molar-refractivity contribution is 0.304. The summed E-state index contributed by atoms with van der Waals surface area (Å²) in [5.74, 6) is 0.999. The molecule has 2 rings (SSSR count). The molecule has 0 unspecified atom stereocenters. The number of nitrogens with one attached hydrogen (secondary N) is 1. The van der Waals surface area contributed by atoms with Crippen LogP contribution in [0.15, 0.2) is 18.2 Å². The maximum absolute atomic E-state index is 5.77. The van der Waals surface area contributed by atoms with Crippen LogP contribution in [0.1, 0.15) is 43.2 Å². The Morgan fingerprint density at radius 2 is 1.94 bits per heavy atom. The molecule has 0 radical (unpaired) electrons. The van der Waals surface area contributed by atoms with Gasteiger partial charge in [0.1, 0.15) is 5.75 Å². The Morgan fingerprint density at radius 3 is 2.67 bits per heavy atom. The maximum atomic E-state index is 5.77. The summed E-state index contributed by atoms with van der Waals surface area (Å²) < 4.78 is 5.77. The summed E-state index contributed by atoms with van der Waals surface area (Å²) in [5.41, 5.74) is 2.63. The fraction of sp³-hybridized carbons (Fsp3) is 0.625. The molecule has 1 aliphatic carbocycles. The third-order valence-corrected chi connectivity index (χ3v) is 3.86. The minimum atomic E-state index is 0.770. The van der Waals surface area contributed by atoms with E-state index in [1.165, 1.54) is 36.8 Å². The molecule has 0 amide bonds. The van der Waals surface area contributed by atoms with E-state index in [2.05, 4.69) is 37.4 Å². The first-order chi connectivity index (χ1) is 8.75. The molecular weight excluding hydrogens is 222 g/mol. The molecule has 0 spiro atoms. The number of rotatable bonds is 6. The van der Waals surface area contributed by atoms with Crippen LogP contribution in [0.2, 0.25) is 0 Å². The van der Waals surface area contributed by atoms with Crippen LogP contribution in [0.4, 0.5) is 0 Å². The lowest BCUT2D eigenvalue weighted by Crippen LogP contribution is -2.27. The Balaban J connectivity index is 1.61. The van der Waals surface area contributed by atoms with Crippen molar-refractivity contribution in [2.24, 2.45) is 0 Å². The van der Waals surface area contributed by atoms with Crippen molar-refractivity contribution in [1.29, 1.82) is 0 Å². The summed E-state index contributed by atoms with van der Waals surface area (Å²) in [6, 6.07) is 7.08. The molecule has 100 valence electrons. The first-order valence-corrected chi connectivity index (χ1v) is 7.19. The molecule has 1 saturated carbocycles. The molecule has 1 aliphatic rings. The quantitative estimate of drug-likeness (QED) is 0.775. The van der Waals surface area contributed by atoms with Crippen molar-refractivity contribution >= 4 is 0 Å². The number of hydrogen-bond acceptors (Lipinski definition) is 2. The molecule has 0 aromatic heterocycles. The highest BCUT2D eigenvalue weighted by Crippen LogP contribution is 2.18. The number of aryl methyl sites for hydroxylation is 2.